The van der Waals surface area contributed by atoms with Crippen molar-refractivity contribution in [2.75, 3.05) is 13.1 Å². The first-order chi connectivity index (χ1) is 11.8. The van der Waals surface area contributed by atoms with E-state index in [9.17, 15) is 23.2 Å². The van der Waals surface area contributed by atoms with Crippen LogP contribution in [0.1, 0.15) is 13.3 Å². The molecule has 0 spiro atoms. The molecule has 25 heavy (non-hydrogen) atoms. The summed E-state index contributed by atoms with van der Waals surface area (Å²) < 4.78 is 29.8. The summed E-state index contributed by atoms with van der Waals surface area (Å²) in [5.41, 5.74) is 0.152. The molecule has 2 N–H and O–H groups in total. The average molecular weight is 373 g/mol. The van der Waals surface area contributed by atoms with Crippen LogP contribution in [-0.2, 0) is 14.3 Å². The number of ketones is 1. The van der Waals surface area contributed by atoms with Gasteiger partial charge in [0.1, 0.15) is 11.1 Å². The normalized spacial score (nSPS) is 23.2. The molecule has 0 aromatic heterocycles. The van der Waals surface area contributed by atoms with E-state index in [1.54, 1.807) is 12.2 Å². The lowest BCUT2D eigenvalue weighted by Gasteiger charge is -2.21. The zero-order chi connectivity index (χ0) is 18.6. The van der Waals surface area contributed by atoms with Crippen molar-refractivity contribution in [3.05, 3.63) is 23.9 Å². The van der Waals surface area contributed by atoms with E-state index in [0.717, 1.165) is 0 Å². The van der Waals surface area contributed by atoms with Gasteiger partial charge in [0.2, 0.25) is 11.7 Å². The van der Waals surface area contributed by atoms with Crippen LogP contribution in [0.4, 0.5) is 13.6 Å². The van der Waals surface area contributed by atoms with Crippen molar-refractivity contribution in [2.45, 2.75) is 31.9 Å². The Labute approximate surface area is 148 Å². The van der Waals surface area contributed by atoms with Crippen molar-refractivity contribution in [1.29, 1.82) is 0 Å². The number of hydrogen-bond acceptors (Lipinski definition) is 5. The van der Waals surface area contributed by atoms with Gasteiger partial charge in [0.05, 0.1) is 24.8 Å². The van der Waals surface area contributed by atoms with E-state index < -0.39 is 29.7 Å². The number of nitrogens with one attached hydrogen (secondary N) is 2. The summed E-state index contributed by atoms with van der Waals surface area (Å²) >= 11 is 4.47. The predicted octanol–water partition coefficient (Wildman–Crippen LogP) is 0.907. The lowest BCUT2D eigenvalue weighted by atomic mass is 10.1. The third kappa shape index (κ3) is 5.05. The summed E-state index contributed by atoms with van der Waals surface area (Å²) in [5.74, 6) is -0.737. The molecule has 1 unspecified atom stereocenters. The minimum absolute atomic E-state index is 0.0201. The van der Waals surface area contributed by atoms with E-state index in [1.165, 1.54) is 17.9 Å². The lowest BCUT2D eigenvalue weighted by molar-refractivity contribution is -0.120. The van der Waals surface area contributed by atoms with Crippen molar-refractivity contribution in [1.82, 2.24) is 15.5 Å². The smallest absolute Gasteiger partial charge is 0.410 e. The van der Waals surface area contributed by atoms with Crippen molar-refractivity contribution in [2.24, 2.45) is 0 Å². The van der Waals surface area contributed by atoms with Crippen molar-refractivity contribution < 1.29 is 27.9 Å². The summed E-state index contributed by atoms with van der Waals surface area (Å²) in [6.07, 6.45) is 0.681. The molecule has 1 saturated heterocycles. The molecular formula is C15H17F2N3O4S. The van der Waals surface area contributed by atoms with E-state index >= 15 is 0 Å². The van der Waals surface area contributed by atoms with Crippen molar-refractivity contribution in [3.63, 3.8) is 0 Å². The van der Waals surface area contributed by atoms with Crippen LogP contribution in [0.15, 0.2) is 23.9 Å². The summed E-state index contributed by atoms with van der Waals surface area (Å²) in [6.45, 7) is 1.44. The van der Waals surface area contributed by atoms with Crippen LogP contribution in [-0.4, -0.2) is 59.3 Å². The Hall–Kier alpha value is -2.36. The molecule has 0 aromatic rings. The Morgan fingerprint density at radius 3 is 2.84 bits per heavy atom. The highest BCUT2D eigenvalue weighted by Crippen LogP contribution is 2.20. The Morgan fingerprint density at radius 2 is 2.20 bits per heavy atom. The van der Waals surface area contributed by atoms with E-state index in [0.29, 0.717) is 6.42 Å². The van der Waals surface area contributed by atoms with Gasteiger partial charge >= 0.3 is 6.09 Å². The average Bonchev–Trinajstić information content (AvgIpc) is 2.81. The van der Waals surface area contributed by atoms with Gasteiger partial charge in [-0.05, 0) is 12.5 Å². The Bertz CT molecular complexity index is 651. The third-order valence-corrected chi connectivity index (χ3v) is 3.94. The molecule has 1 fully saturated rings. The number of nitrogens with zero attached hydrogens (tertiary/aromatic N) is 1. The molecule has 2 rings (SSSR count). The van der Waals surface area contributed by atoms with Gasteiger partial charge in [-0.15, -0.1) is 0 Å². The first kappa shape index (κ1) is 19.0. The topological polar surface area (TPSA) is 87.7 Å². The zero-order valence-corrected chi connectivity index (χ0v) is 14.1. The summed E-state index contributed by atoms with van der Waals surface area (Å²) in [6, 6.07) is -0.435. The summed E-state index contributed by atoms with van der Waals surface area (Å²) in [5, 5.41) is 4.80. The minimum Gasteiger partial charge on any atom is -0.442 e. The number of rotatable bonds is 5. The molecule has 7 nitrogen and oxygen atoms in total. The van der Waals surface area contributed by atoms with Gasteiger partial charge in [-0.1, -0.05) is 24.4 Å². The molecule has 1 aliphatic carbocycles. The molecule has 2 amide bonds. The van der Waals surface area contributed by atoms with Gasteiger partial charge in [-0.25, -0.2) is 13.6 Å². The minimum atomic E-state index is -2.77. The fourth-order valence-corrected chi connectivity index (χ4v) is 2.53. The van der Waals surface area contributed by atoms with Crippen LogP contribution in [0.3, 0.4) is 0 Å². The van der Waals surface area contributed by atoms with Crippen LogP contribution in [0, 0.1) is 0 Å². The number of thiocarbonyl (C=S) groups is 1. The van der Waals surface area contributed by atoms with Crippen LogP contribution in [0.25, 0.3) is 0 Å². The Balaban J connectivity index is 1.97. The Kier molecular flexibility index (Phi) is 6.18. The molecule has 2 atom stereocenters. The predicted molar refractivity (Wildman–Crippen MR) is 88.0 cm³/mol. The first-order valence-electron chi connectivity index (χ1n) is 7.51. The van der Waals surface area contributed by atoms with Gasteiger partial charge in [0, 0.05) is 6.92 Å². The zero-order valence-electron chi connectivity index (χ0n) is 13.3. The van der Waals surface area contributed by atoms with E-state index in [4.69, 9.17) is 4.74 Å². The van der Waals surface area contributed by atoms with Crippen molar-refractivity contribution in [3.8, 4) is 0 Å². The van der Waals surface area contributed by atoms with Gasteiger partial charge in [0.25, 0.3) is 6.43 Å². The molecule has 0 bridgehead atoms. The quantitative estimate of drug-likeness (QED) is 0.697. The maximum atomic E-state index is 12.4. The third-order valence-electron chi connectivity index (χ3n) is 3.61. The molecule has 10 heteroatoms. The van der Waals surface area contributed by atoms with Crippen LogP contribution in [0.2, 0.25) is 0 Å². The number of ether oxygens (including phenoxy) is 1. The lowest BCUT2D eigenvalue weighted by Crippen LogP contribution is -2.38. The van der Waals surface area contributed by atoms with E-state index in [1.807, 2.05) is 0 Å². The molecule has 1 heterocycles. The second-order valence-electron chi connectivity index (χ2n) is 5.53. The maximum Gasteiger partial charge on any atom is 0.410 e. The fourth-order valence-electron chi connectivity index (χ4n) is 2.45. The molecular weight excluding hydrogens is 356 g/mol. The monoisotopic (exact) mass is 373 g/mol. The number of carbonyl (C=O) groups excluding carboxylic acids is 3. The number of amides is 2. The number of hydrogen-bond donors (Lipinski definition) is 2. The molecule has 0 saturated carbocycles. The van der Waals surface area contributed by atoms with Gasteiger partial charge in [0.15, 0.2) is 0 Å². The highest BCUT2D eigenvalue weighted by atomic mass is 32.1. The molecule has 0 radical (unpaired) electrons. The first-order valence-corrected chi connectivity index (χ1v) is 7.92. The second-order valence-corrected chi connectivity index (χ2v) is 5.97. The van der Waals surface area contributed by atoms with Gasteiger partial charge in [-0.2, -0.15) is 0 Å². The number of carbonyl (C=O) groups is 3. The van der Waals surface area contributed by atoms with Crippen LogP contribution >= 0.6 is 12.2 Å². The molecule has 136 valence electrons. The highest BCUT2D eigenvalue weighted by Gasteiger charge is 2.35. The molecule has 1 aliphatic heterocycles. The summed E-state index contributed by atoms with van der Waals surface area (Å²) in [7, 11) is 0. The number of alkyl halides is 2. The molecule has 0 aromatic carbocycles. The standard InChI is InChI=1S/C15H17F2N3O4S/c1-8(21)19-11-4-2-9(3-5-12(11)22)20-7-10(24-15(20)23)6-18-14(25)13(16)17/h3-5,9-10,13H,2,6-7H2,1H3,(H,18,25)(H,19,21)/t9?,10-/m0/s1. The second kappa shape index (κ2) is 8.15. The largest absolute Gasteiger partial charge is 0.442 e. The number of halogens is 2. The highest BCUT2D eigenvalue weighted by molar-refractivity contribution is 7.80. The maximum absolute atomic E-state index is 12.4. The van der Waals surface area contributed by atoms with E-state index in [-0.39, 0.29) is 30.5 Å². The Morgan fingerprint density at radius 1 is 1.48 bits per heavy atom. The number of cyclic esters (lactones) is 1. The summed E-state index contributed by atoms with van der Waals surface area (Å²) in [4.78, 5) is 35.8. The van der Waals surface area contributed by atoms with Crippen molar-refractivity contribution >= 4 is 35.0 Å². The number of allylic oxidation sites excluding steroid dienone is 1. The van der Waals surface area contributed by atoms with Crippen LogP contribution in [0.5, 0.6) is 0 Å². The van der Waals surface area contributed by atoms with Gasteiger partial charge in [-0.3, -0.25) is 14.5 Å². The fraction of sp³-hybridized carbons (Fsp3) is 0.467. The molecule has 2 aliphatic rings. The van der Waals surface area contributed by atoms with Crippen LogP contribution < -0.4 is 10.6 Å². The van der Waals surface area contributed by atoms with E-state index in [2.05, 4.69) is 22.9 Å². The SMILES string of the molecule is CC(=O)NC1=CCC(N2C[C@H](CNC(=S)C(F)F)OC2=O)C=CC1=O. The van der Waals surface area contributed by atoms with Gasteiger partial charge < -0.3 is 15.4 Å².